The molecule has 0 saturated carbocycles. The van der Waals surface area contributed by atoms with Crippen molar-refractivity contribution >= 4 is 5.91 Å². The smallest absolute Gasteiger partial charge is 0.257 e. The van der Waals surface area contributed by atoms with Crippen LogP contribution in [0.1, 0.15) is 12.0 Å². The number of nitriles is 1. The van der Waals surface area contributed by atoms with Gasteiger partial charge in [-0.2, -0.15) is 5.26 Å². The minimum atomic E-state index is -0.210. The first-order chi connectivity index (χ1) is 7.74. The van der Waals surface area contributed by atoms with Crippen LogP contribution in [-0.2, 0) is 4.79 Å². The number of rotatable bonds is 5. The van der Waals surface area contributed by atoms with E-state index in [0.29, 0.717) is 18.7 Å². The molecule has 0 spiro atoms. The van der Waals surface area contributed by atoms with Crippen LogP contribution < -0.4 is 10.1 Å². The van der Waals surface area contributed by atoms with E-state index in [1.807, 2.05) is 37.3 Å². The number of para-hydroxylation sites is 1. The van der Waals surface area contributed by atoms with Crippen molar-refractivity contribution in [1.29, 1.82) is 5.26 Å². The second-order valence-electron chi connectivity index (χ2n) is 3.31. The lowest BCUT2D eigenvalue weighted by atomic mass is 10.2. The molecule has 0 bridgehead atoms. The van der Waals surface area contributed by atoms with Gasteiger partial charge in [-0.3, -0.25) is 4.79 Å². The molecule has 1 aromatic carbocycles. The largest absolute Gasteiger partial charge is 0.484 e. The van der Waals surface area contributed by atoms with E-state index in [-0.39, 0.29) is 12.5 Å². The molecule has 1 aromatic rings. The van der Waals surface area contributed by atoms with Crippen molar-refractivity contribution in [3.63, 3.8) is 0 Å². The van der Waals surface area contributed by atoms with Gasteiger partial charge in [0.15, 0.2) is 6.61 Å². The normalized spacial score (nSPS) is 9.25. The summed E-state index contributed by atoms with van der Waals surface area (Å²) < 4.78 is 5.33. The molecule has 84 valence electrons. The Morgan fingerprint density at radius 2 is 2.25 bits per heavy atom. The van der Waals surface area contributed by atoms with E-state index in [1.54, 1.807) is 0 Å². The van der Waals surface area contributed by atoms with Crippen LogP contribution in [0.25, 0.3) is 0 Å². The average Bonchev–Trinajstić information content (AvgIpc) is 2.28. The van der Waals surface area contributed by atoms with Gasteiger partial charge in [0.1, 0.15) is 5.75 Å². The maximum Gasteiger partial charge on any atom is 0.257 e. The third-order valence-electron chi connectivity index (χ3n) is 2.01. The highest BCUT2D eigenvalue weighted by molar-refractivity contribution is 5.77. The maximum atomic E-state index is 11.3. The Morgan fingerprint density at radius 3 is 2.94 bits per heavy atom. The molecule has 1 amide bonds. The number of hydrogen-bond donors (Lipinski definition) is 1. The number of benzene rings is 1. The molecule has 0 aromatic heterocycles. The van der Waals surface area contributed by atoms with Gasteiger partial charge < -0.3 is 10.1 Å². The minimum Gasteiger partial charge on any atom is -0.484 e. The second kappa shape index (κ2) is 6.46. The quantitative estimate of drug-likeness (QED) is 0.760. The average molecular weight is 218 g/mol. The molecule has 0 aliphatic rings. The monoisotopic (exact) mass is 218 g/mol. The molecule has 4 nitrogen and oxygen atoms in total. The number of hydrogen-bond acceptors (Lipinski definition) is 3. The van der Waals surface area contributed by atoms with Crippen molar-refractivity contribution in [2.75, 3.05) is 13.2 Å². The van der Waals surface area contributed by atoms with Crippen LogP contribution >= 0.6 is 0 Å². The van der Waals surface area contributed by atoms with Crippen LogP contribution in [0.15, 0.2) is 24.3 Å². The van der Waals surface area contributed by atoms with Crippen LogP contribution in [0.4, 0.5) is 0 Å². The molecule has 0 heterocycles. The summed E-state index contributed by atoms with van der Waals surface area (Å²) >= 11 is 0. The number of carbonyl (C=O) groups is 1. The van der Waals surface area contributed by atoms with Crippen molar-refractivity contribution in [2.24, 2.45) is 0 Å². The van der Waals surface area contributed by atoms with E-state index in [0.717, 1.165) is 5.56 Å². The molecule has 0 saturated heterocycles. The van der Waals surface area contributed by atoms with Crippen molar-refractivity contribution in [2.45, 2.75) is 13.3 Å². The number of nitrogens with zero attached hydrogens (tertiary/aromatic N) is 1. The molecule has 0 unspecified atom stereocenters. The molecule has 0 aliphatic heterocycles. The van der Waals surface area contributed by atoms with Crippen molar-refractivity contribution in [3.8, 4) is 11.8 Å². The van der Waals surface area contributed by atoms with E-state index < -0.39 is 0 Å². The molecule has 0 aliphatic carbocycles. The highest BCUT2D eigenvalue weighted by Crippen LogP contribution is 2.15. The zero-order valence-electron chi connectivity index (χ0n) is 9.19. The predicted octanol–water partition coefficient (Wildman–Crippen LogP) is 1.40. The fourth-order valence-electron chi connectivity index (χ4n) is 1.17. The second-order valence-corrected chi connectivity index (χ2v) is 3.31. The van der Waals surface area contributed by atoms with Gasteiger partial charge >= 0.3 is 0 Å². The number of aryl methyl sites for hydroxylation is 1. The van der Waals surface area contributed by atoms with E-state index >= 15 is 0 Å². The first kappa shape index (κ1) is 12.1. The third kappa shape index (κ3) is 4.01. The molecule has 1 rings (SSSR count). The van der Waals surface area contributed by atoms with Gasteiger partial charge in [0, 0.05) is 6.54 Å². The lowest BCUT2D eigenvalue weighted by Gasteiger charge is -2.08. The first-order valence-electron chi connectivity index (χ1n) is 5.06. The molecule has 0 radical (unpaired) electrons. The fraction of sp³-hybridized carbons (Fsp3) is 0.333. The molecule has 16 heavy (non-hydrogen) atoms. The Kier molecular flexibility index (Phi) is 4.87. The molecular weight excluding hydrogens is 204 g/mol. The number of nitrogens with one attached hydrogen (secondary N) is 1. The van der Waals surface area contributed by atoms with Gasteiger partial charge in [-0.1, -0.05) is 18.2 Å². The third-order valence-corrected chi connectivity index (χ3v) is 2.01. The van der Waals surface area contributed by atoms with Gasteiger partial charge in [0.2, 0.25) is 0 Å². The van der Waals surface area contributed by atoms with Crippen LogP contribution in [0, 0.1) is 18.3 Å². The summed E-state index contributed by atoms with van der Waals surface area (Å²) in [6.07, 6.45) is 0.316. The summed E-state index contributed by atoms with van der Waals surface area (Å²) in [7, 11) is 0. The lowest BCUT2D eigenvalue weighted by Crippen LogP contribution is -2.29. The van der Waals surface area contributed by atoms with Gasteiger partial charge in [0.25, 0.3) is 5.91 Å². The summed E-state index contributed by atoms with van der Waals surface area (Å²) in [6.45, 7) is 2.27. The standard InChI is InChI=1S/C12H14N2O2/c1-10-5-2-3-6-11(10)16-9-12(15)14-8-4-7-13/h2-3,5-6H,4,8-9H2,1H3,(H,14,15). The van der Waals surface area contributed by atoms with Gasteiger partial charge in [-0.15, -0.1) is 0 Å². The Labute approximate surface area is 94.8 Å². The predicted molar refractivity (Wildman–Crippen MR) is 59.9 cm³/mol. The zero-order chi connectivity index (χ0) is 11.8. The maximum absolute atomic E-state index is 11.3. The first-order valence-corrected chi connectivity index (χ1v) is 5.06. The van der Waals surface area contributed by atoms with E-state index in [2.05, 4.69) is 5.32 Å². The van der Waals surface area contributed by atoms with Crippen molar-refractivity contribution < 1.29 is 9.53 Å². The van der Waals surface area contributed by atoms with Gasteiger partial charge in [0.05, 0.1) is 12.5 Å². The highest BCUT2D eigenvalue weighted by Gasteiger charge is 2.03. The molecule has 4 heteroatoms. The molecule has 1 N–H and O–H groups in total. The Bertz CT molecular complexity index is 396. The Hall–Kier alpha value is -2.02. The SMILES string of the molecule is Cc1ccccc1OCC(=O)NCCC#N. The minimum absolute atomic E-state index is 0.0176. The fourth-order valence-corrected chi connectivity index (χ4v) is 1.17. The summed E-state index contributed by atoms with van der Waals surface area (Å²) in [5, 5.41) is 10.9. The van der Waals surface area contributed by atoms with Crippen LogP contribution in [0.5, 0.6) is 5.75 Å². The number of amides is 1. The summed E-state index contributed by atoms with van der Waals surface area (Å²) in [4.78, 5) is 11.3. The zero-order valence-corrected chi connectivity index (χ0v) is 9.19. The van der Waals surface area contributed by atoms with Crippen LogP contribution in [0.3, 0.4) is 0 Å². The van der Waals surface area contributed by atoms with E-state index in [1.165, 1.54) is 0 Å². The number of ether oxygens (including phenoxy) is 1. The molecule has 0 fully saturated rings. The van der Waals surface area contributed by atoms with Crippen LogP contribution in [-0.4, -0.2) is 19.1 Å². The van der Waals surface area contributed by atoms with Crippen molar-refractivity contribution in [3.05, 3.63) is 29.8 Å². The van der Waals surface area contributed by atoms with E-state index in [4.69, 9.17) is 10.00 Å². The summed E-state index contributed by atoms with van der Waals surface area (Å²) in [6, 6.07) is 9.46. The summed E-state index contributed by atoms with van der Waals surface area (Å²) in [5.41, 5.74) is 0.993. The topological polar surface area (TPSA) is 62.1 Å². The van der Waals surface area contributed by atoms with Crippen LogP contribution in [0.2, 0.25) is 0 Å². The van der Waals surface area contributed by atoms with Gasteiger partial charge in [-0.05, 0) is 18.6 Å². The van der Waals surface area contributed by atoms with E-state index in [9.17, 15) is 4.79 Å². The van der Waals surface area contributed by atoms with Crippen molar-refractivity contribution in [1.82, 2.24) is 5.32 Å². The highest BCUT2D eigenvalue weighted by atomic mass is 16.5. The Morgan fingerprint density at radius 1 is 1.50 bits per heavy atom. The lowest BCUT2D eigenvalue weighted by molar-refractivity contribution is -0.123. The van der Waals surface area contributed by atoms with Gasteiger partial charge in [-0.25, -0.2) is 0 Å². The number of carbonyl (C=O) groups excluding carboxylic acids is 1. The Balaban J connectivity index is 2.32. The molecular formula is C12H14N2O2. The summed E-state index contributed by atoms with van der Waals surface area (Å²) in [5.74, 6) is 0.497. The molecule has 0 atom stereocenters.